The lowest BCUT2D eigenvalue weighted by atomic mass is 10.2. The van der Waals surface area contributed by atoms with E-state index in [1.807, 2.05) is 73.6 Å². The third-order valence-corrected chi connectivity index (χ3v) is 4.56. The highest BCUT2D eigenvalue weighted by molar-refractivity contribution is 6.03. The molecule has 1 fully saturated rings. The first-order valence-electron chi connectivity index (χ1n) is 9.38. The molecule has 1 saturated carbocycles. The second kappa shape index (κ2) is 7.68. The molecule has 0 saturated heterocycles. The van der Waals surface area contributed by atoms with E-state index in [1.165, 1.54) is 0 Å². The number of hydrogen-bond acceptors (Lipinski definition) is 5. The topological polar surface area (TPSA) is 70.2 Å². The Labute approximate surface area is 164 Å². The van der Waals surface area contributed by atoms with Gasteiger partial charge in [0.15, 0.2) is 5.82 Å². The van der Waals surface area contributed by atoms with Crippen LogP contribution >= 0.6 is 0 Å². The monoisotopic (exact) mass is 373 g/mol. The van der Waals surface area contributed by atoms with E-state index in [1.54, 1.807) is 6.07 Å². The summed E-state index contributed by atoms with van der Waals surface area (Å²) in [4.78, 5) is 23.9. The molecule has 0 spiro atoms. The Hall–Kier alpha value is -3.41. The summed E-state index contributed by atoms with van der Waals surface area (Å²) in [5.74, 6) is 0.972. The standard InChI is InChI=1S/C22H23N5O/c1-27(2)18-12-10-17(11-13-18)24-22(28)19-14-20(23-16-8-9-16)26-21(25-19)15-6-4-3-5-7-15/h3-7,10-14,16H,8-9H2,1-2H3,(H,24,28)(H,23,25,26). The van der Waals surface area contributed by atoms with Gasteiger partial charge in [0.05, 0.1) is 0 Å². The van der Waals surface area contributed by atoms with Crippen LogP contribution in [0.2, 0.25) is 0 Å². The second-order valence-electron chi connectivity index (χ2n) is 7.14. The van der Waals surface area contributed by atoms with Crippen LogP contribution < -0.4 is 15.5 Å². The number of aromatic nitrogens is 2. The number of anilines is 3. The number of rotatable bonds is 6. The van der Waals surface area contributed by atoms with E-state index in [0.717, 1.165) is 29.8 Å². The van der Waals surface area contributed by atoms with Gasteiger partial charge < -0.3 is 15.5 Å². The quantitative estimate of drug-likeness (QED) is 0.682. The highest BCUT2D eigenvalue weighted by Crippen LogP contribution is 2.26. The third-order valence-electron chi connectivity index (χ3n) is 4.56. The van der Waals surface area contributed by atoms with Gasteiger partial charge in [-0.2, -0.15) is 0 Å². The van der Waals surface area contributed by atoms with Crippen LogP contribution in [0.15, 0.2) is 60.7 Å². The Balaban J connectivity index is 1.60. The van der Waals surface area contributed by atoms with E-state index in [2.05, 4.69) is 20.6 Å². The van der Waals surface area contributed by atoms with E-state index in [4.69, 9.17) is 0 Å². The first kappa shape index (κ1) is 18.0. The van der Waals surface area contributed by atoms with Crippen molar-refractivity contribution in [2.75, 3.05) is 29.6 Å². The summed E-state index contributed by atoms with van der Waals surface area (Å²) in [5, 5.41) is 6.29. The molecule has 1 aliphatic rings. The van der Waals surface area contributed by atoms with Gasteiger partial charge in [-0.05, 0) is 37.1 Å². The van der Waals surface area contributed by atoms with E-state index in [0.29, 0.717) is 23.4 Å². The first-order chi connectivity index (χ1) is 13.6. The Bertz CT molecular complexity index is 966. The molecule has 6 heteroatoms. The fourth-order valence-corrected chi connectivity index (χ4v) is 2.83. The number of hydrogen-bond donors (Lipinski definition) is 2. The molecule has 0 unspecified atom stereocenters. The molecule has 3 aromatic rings. The highest BCUT2D eigenvalue weighted by Gasteiger charge is 2.23. The zero-order valence-electron chi connectivity index (χ0n) is 16.0. The molecule has 0 aliphatic heterocycles. The van der Waals surface area contributed by atoms with Crippen LogP contribution in [0.3, 0.4) is 0 Å². The average Bonchev–Trinajstić information content (AvgIpc) is 3.53. The van der Waals surface area contributed by atoms with Crippen molar-refractivity contribution in [1.29, 1.82) is 0 Å². The summed E-state index contributed by atoms with van der Waals surface area (Å²) in [6.45, 7) is 0. The Kier molecular flexibility index (Phi) is 4.93. The number of nitrogens with zero attached hydrogens (tertiary/aromatic N) is 3. The Morgan fingerprint density at radius 1 is 1.00 bits per heavy atom. The Morgan fingerprint density at radius 2 is 1.71 bits per heavy atom. The molecule has 28 heavy (non-hydrogen) atoms. The average molecular weight is 373 g/mol. The molecule has 6 nitrogen and oxygen atoms in total. The van der Waals surface area contributed by atoms with Crippen molar-refractivity contribution in [3.8, 4) is 11.4 Å². The zero-order chi connectivity index (χ0) is 19.5. The van der Waals surface area contributed by atoms with Crippen LogP contribution in [0.5, 0.6) is 0 Å². The van der Waals surface area contributed by atoms with Crippen molar-refractivity contribution in [1.82, 2.24) is 9.97 Å². The largest absolute Gasteiger partial charge is 0.378 e. The molecule has 2 aromatic carbocycles. The predicted molar refractivity (Wildman–Crippen MR) is 113 cm³/mol. The van der Waals surface area contributed by atoms with Gasteiger partial charge >= 0.3 is 0 Å². The highest BCUT2D eigenvalue weighted by atomic mass is 16.1. The lowest BCUT2D eigenvalue weighted by Gasteiger charge is -2.13. The molecule has 1 aromatic heterocycles. The van der Waals surface area contributed by atoms with Crippen LogP contribution in [0.1, 0.15) is 23.3 Å². The van der Waals surface area contributed by atoms with Crippen molar-refractivity contribution >= 4 is 23.1 Å². The van der Waals surface area contributed by atoms with Crippen molar-refractivity contribution in [2.24, 2.45) is 0 Å². The lowest BCUT2D eigenvalue weighted by molar-refractivity contribution is 0.102. The molecule has 142 valence electrons. The molecule has 1 heterocycles. The number of nitrogens with one attached hydrogen (secondary N) is 2. The van der Waals surface area contributed by atoms with Crippen molar-refractivity contribution in [3.05, 3.63) is 66.4 Å². The van der Waals surface area contributed by atoms with Gasteiger partial charge in [-0.25, -0.2) is 9.97 Å². The van der Waals surface area contributed by atoms with Crippen molar-refractivity contribution < 1.29 is 4.79 Å². The van der Waals surface area contributed by atoms with Gasteiger partial charge in [-0.3, -0.25) is 4.79 Å². The number of carbonyl (C=O) groups is 1. The van der Waals surface area contributed by atoms with E-state index < -0.39 is 0 Å². The predicted octanol–water partition coefficient (Wildman–Crippen LogP) is 4.04. The summed E-state index contributed by atoms with van der Waals surface area (Å²) < 4.78 is 0. The fraction of sp³-hybridized carbons (Fsp3) is 0.227. The van der Waals surface area contributed by atoms with Crippen LogP contribution in [0.25, 0.3) is 11.4 Å². The summed E-state index contributed by atoms with van der Waals surface area (Å²) in [6.07, 6.45) is 2.26. The number of benzene rings is 2. The first-order valence-corrected chi connectivity index (χ1v) is 9.38. The summed E-state index contributed by atoms with van der Waals surface area (Å²) in [5.41, 5.74) is 3.02. The second-order valence-corrected chi connectivity index (χ2v) is 7.14. The normalized spacial score (nSPS) is 13.1. The minimum absolute atomic E-state index is 0.254. The van der Waals surface area contributed by atoms with Crippen LogP contribution in [-0.4, -0.2) is 36.0 Å². The van der Waals surface area contributed by atoms with Crippen molar-refractivity contribution in [3.63, 3.8) is 0 Å². The maximum Gasteiger partial charge on any atom is 0.274 e. The summed E-state index contributed by atoms with van der Waals surface area (Å²) >= 11 is 0. The van der Waals surface area contributed by atoms with E-state index >= 15 is 0 Å². The van der Waals surface area contributed by atoms with Gasteiger partial charge in [-0.1, -0.05) is 30.3 Å². The number of carbonyl (C=O) groups excluding carboxylic acids is 1. The summed E-state index contributed by atoms with van der Waals surface area (Å²) in [7, 11) is 3.96. The van der Waals surface area contributed by atoms with Gasteiger partial charge in [0.25, 0.3) is 5.91 Å². The fourth-order valence-electron chi connectivity index (χ4n) is 2.83. The SMILES string of the molecule is CN(C)c1ccc(NC(=O)c2cc(NC3CC3)nc(-c3ccccc3)n2)cc1. The maximum absolute atomic E-state index is 12.8. The molecule has 2 N–H and O–H groups in total. The lowest BCUT2D eigenvalue weighted by Crippen LogP contribution is -2.16. The van der Waals surface area contributed by atoms with Crippen LogP contribution in [0, 0.1) is 0 Å². The molecule has 1 amide bonds. The van der Waals surface area contributed by atoms with Crippen LogP contribution in [-0.2, 0) is 0 Å². The van der Waals surface area contributed by atoms with Gasteiger partial charge in [0.2, 0.25) is 0 Å². The number of amides is 1. The van der Waals surface area contributed by atoms with E-state index in [9.17, 15) is 4.79 Å². The van der Waals surface area contributed by atoms with Gasteiger partial charge in [0.1, 0.15) is 11.5 Å². The van der Waals surface area contributed by atoms with E-state index in [-0.39, 0.29) is 5.91 Å². The minimum atomic E-state index is -0.254. The maximum atomic E-state index is 12.8. The van der Waals surface area contributed by atoms with Crippen LogP contribution in [0.4, 0.5) is 17.2 Å². The van der Waals surface area contributed by atoms with Crippen molar-refractivity contribution in [2.45, 2.75) is 18.9 Å². The molecule has 0 bridgehead atoms. The van der Waals surface area contributed by atoms with Gasteiger partial charge in [-0.15, -0.1) is 0 Å². The molecule has 0 atom stereocenters. The Morgan fingerprint density at radius 3 is 2.36 bits per heavy atom. The molecule has 1 aliphatic carbocycles. The smallest absolute Gasteiger partial charge is 0.274 e. The zero-order valence-corrected chi connectivity index (χ0v) is 16.0. The molecular weight excluding hydrogens is 350 g/mol. The summed E-state index contributed by atoms with van der Waals surface area (Å²) in [6, 6.07) is 19.6. The van der Waals surface area contributed by atoms with Gasteiger partial charge in [0, 0.05) is 43.1 Å². The molecular formula is C22H23N5O. The molecule has 4 rings (SSSR count). The minimum Gasteiger partial charge on any atom is -0.378 e. The molecule has 0 radical (unpaired) electrons. The third kappa shape index (κ3) is 4.28.